The predicted octanol–water partition coefficient (Wildman–Crippen LogP) is 1.47. The molecule has 0 heterocycles. The lowest BCUT2D eigenvalue weighted by Gasteiger charge is -2.36. The molecule has 94 valence electrons. The van der Waals surface area contributed by atoms with Gasteiger partial charge < -0.3 is 4.48 Å². The molecule has 0 bridgehead atoms. The van der Waals surface area contributed by atoms with E-state index in [4.69, 9.17) is 4.55 Å². The standard InChI is InChI=1S/C11H21NO3S/c1-4-8-12(6-3,9-5-2)10-7-11-16(13,14)15/h4-5H,1-2,6-11H2,3H3/p+1. The van der Waals surface area contributed by atoms with Gasteiger partial charge in [0.05, 0.1) is 31.9 Å². The summed E-state index contributed by atoms with van der Waals surface area (Å²) in [5, 5.41) is 0. The topological polar surface area (TPSA) is 54.4 Å². The smallest absolute Gasteiger partial charge is 0.265 e. The summed E-state index contributed by atoms with van der Waals surface area (Å²) < 4.78 is 30.7. The molecule has 0 saturated heterocycles. The second-order valence-electron chi connectivity index (χ2n) is 3.96. The van der Waals surface area contributed by atoms with Crippen LogP contribution in [0.15, 0.2) is 25.3 Å². The summed E-state index contributed by atoms with van der Waals surface area (Å²) in [7, 11) is -3.85. The second kappa shape index (κ2) is 6.83. The van der Waals surface area contributed by atoms with E-state index in [-0.39, 0.29) is 5.75 Å². The van der Waals surface area contributed by atoms with Gasteiger partial charge in [-0.15, -0.1) is 0 Å². The maximum absolute atomic E-state index is 10.6. The summed E-state index contributed by atoms with van der Waals surface area (Å²) in [6.45, 7) is 12.7. The average molecular weight is 248 g/mol. The molecule has 4 nitrogen and oxygen atoms in total. The van der Waals surface area contributed by atoms with Crippen LogP contribution in [0.2, 0.25) is 0 Å². The maximum atomic E-state index is 10.6. The molecule has 0 aliphatic carbocycles. The van der Waals surface area contributed by atoms with Crippen molar-refractivity contribution >= 4 is 10.1 Å². The first-order valence-electron chi connectivity index (χ1n) is 5.41. The molecule has 0 aliphatic rings. The van der Waals surface area contributed by atoms with Gasteiger partial charge >= 0.3 is 0 Å². The quantitative estimate of drug-likeness (QED) is 0.382. The molecular formula is C11H22NO3S+. The Morgan fingerprint density at radius 3 is 2.06 bits per heavy atom. The predicted molar refractivity (Wildman–Crippen MR) is 66.8 cm³/mol. The second-order valence-corrected chi connectivity index (χ2v) is 5.54. The van der Waals surface area contributed by atoms with Crippen molar-refractivity contribution in [1.82, 2.24) is 0 Å². The SMILES string of the molecule is C=CC[N+](CC)(CC=C)CCCS(=O)(=O)O. The van der Waals surface area contributed by atoms with Crippen LogP contribution in [-0.4, -0.2) is 49.4 Å². The molecule has 0 aromatic carbocycles. The Bertz CT molecular complexity index is 312. The van der Waals surface area contributed by atoms with Crippen molar-refractivity contribution < 1.29 is 17.5 Å². The lowest BCUT2D eigenvalue weighted by atomic mass is 10.2. The number of hydrogen-bond acceptors (Lipinski definition) is 2. The van der Waals surface area contributed by atoms with Gasteiger partial charge in [-0.25, -0.2) is 0 Å². The Hall–Kier alpha value is -0.650. The fraction of sp³-hybridized carbons (Fsp3) is 0.636. The van der Waals surface area contributed by atoms with E-state index in [1.54, 1.807) is 0 Å². The van der Waals surface area contributed by atoms with E-state index in [0.29, 0.717) is 13.0 Å². The molecule has 1 N–H and O–H groups in total. The van der Waals surface area contributed by atoms with Crippen LogP contribution >= 0.6 is 0 Å². The van der Waals surface area contributed by atoms with Gasteiger partial charge in [-0.2, -0.15) is 8.42 Å². The van der Waals surface area contributed by atoms with Crippen molar-refractivity contribution in [2.24, 2.45) is 0 Å². The Balaban J connectivity index is 4.41. The van der Waals surface area contributed by atoms with E-state index in [2.05, 4.69) is 20.1 Å². The Kier molecular flexibility index (Phi) is 6.55. The third kappa shape index (κ3) is 6.05. The molecule has 0 radical (unpaired) electrons. The zero-order valence-electron chi connectivity index (χ0n) is 9.93. The van der Waals surface area contributed by atoms with Gasteiger partial charge in [0, 0.05) is 6.42 Å². The summed E-state index contributed by atoms with van der Waals surface area (Å²) in [6.07, 6.45) is 4.12. The number of quaternary nitrogens is 1. The van der Waals surface area contributed by atoms with E-state index < -0.39 is 10.1 Å². The normalized spacial score (nSPS) is 12.4. The summed E-state index contributed by atoms with van der Waals surface area (Å²) in [6, 6.07) is 0. The van der Waals surface area contributed by atoms with Crippen LogP contribution in [-0.2, 0) is 10.1 Å². The molecule has 0 unspecified atom stereocenters. The number of nitrogens with zero attached hydrogens (tertiary/aromatic N) is 1. The zero-order valence-corrected chi connectivity index (χ0v) is 10.7. The van der Waals surface area contributed by atoms with Gasteiger partial charge in [-0.05, 0) is 19.1 Å². The van der Waals surface area contributed by atoms with Crippen LogP contribution in [0.5, 0.6) is 0 Å². The van der Waals surface area contributed by atoms with Crippen molar-refractivity contribution in [2.75, 3.05) is 31.9 Å². The number of likely N-dealkylation sites (N-methyl/N-ethyl adjacent to an activating group) is 1. The Morgan fingerprint density at radius 2 is 1.75 bits per heavy atom. The molecule has 5 heteroatoms. The van der Waals surface area contributed by atoms with Gasteiger partial charge in [0.15, 0.2) is 0 Å². The zero-order chi connectivity index (χ0) is 12.7. The van der Waals surface area contributed by atoms with Gasteiger partial charge in [0.2, 0.25) is 0 Å². The molecule has 0 fully saturated rings. The third-order valence-electron chi connectivity index (χ3n) is 2.74. The first-order valence-corrected chi connectivity index (χ1v) is 7.02. The van der Waals surface area contributed by atoms with Crippen molar-refractivity contribution in [3.05, 3.63) is 25.3 Å². The maximum Gasteiger partial charge on any atom is 0.265 e. The van der Waals surface area contributed by atoms with Gasteiger partial charge in [0.25, 0.3) is 10.1 Å². The van der Waals surface area contributed by atoms with Crippen LogP contribution in [0.3, 0.4) is 0 Å². The first-order chi connectivity index (χ1) is 7.39. The van der Waals surface area contributed by atoms with Crippen LogP contribution in [0.4, 0.5) is 0 Å². The lowest BCUT2D eigenvalue weighted by molar-refractivity contribution is -0.915. The van der Waals surface area contributed by atoms with Gasteiger partial charge in [-0.1, -0.05) is 13.2 Å². The first kappa shape index (κ1) is 15.3. The molecule has 0 atom stereocenters. The van der Waals surface area contributed by atoms with Crippen molar-refractivity contribution in [1.29, 1.82) is 0 Å². The molecule has 0 saturated carbocycles. The molecule has 0 rings (SSSR count). The summed E-state index contributed by atoms with van der Waals surface area (Å²) in [4.78, 5) is 0. The third-order valence-corrected chi connectivity index (χ3v) is 3.54. The highest BCUT2D eigenvalue weighted by molar-refractivity contribution is 7.85. The number of rotatable bonds is 9. The fourth-order valence-electron chi connectivity index (χ4n) is 1.80. The van der Waals surface area contributed by atoms with E-state index in [1.807, 2.05) is 12.2 Å². The lowest BCUT2D eigenvalue weighted by Crippen LogP contribution is -2.49. The Labute approximate surface area is 98.6 Å². The highest BCUT2D eigenvalue weighted by Gasteiger charge is 2.22. The molecular weight excluding hydrogens is 226 g/mol. The van der Waals surface area contributed by atoms with Gasteiger partial charge in [0.1, 0.15) is 0 Å². The van der Waals surface area contributed by atoms with Gasteiger partial charge in [-0.3, -0.25) is 4.55 Å². The summed E-state index contributed by atoms with van der Waals surface area (Å²) in [5.41, 5.74) is 0. The van der Waals surface area contributed by atoms with E-state index in [1.165, 1.54) is 0 Å². The summed E-state index contributed by atoms with van der Waals surface area (Å²) in [5.74, 6) is -0.179. The average Bonchev–Trinajstić information content (AvgIpc) is 2.16. The van der Waals surface area contributed by atoms with E-state index >= 15 is 0 Å². The largest absolute Gasteiger partial charge is 0.317 e. The van der Waals surface area contributed by atoms with E-state index in [0.717, 1.165) is 24.1 Å². The summed E-state index contributed by atoms with van der Waals surface area (Å²) >= 11 is 0. The van der Waals surface area contributed by atoms with Crippen LogP contribution in [0.1, 0.15) is 13.3 Å². The molecule has 0 aromatic heterocycles. The van der Waals surface area contributed by atoms with Crippen molar-refractivity contribution in [2.45, 2.75) is 13.3 Å². The molecule has 0 aliphatic heterocycles. The number of hydrogen-bond donors (Lipinski definition) is 1. The van der Waals surface area contributed by atoms with Crippen LogP contribution in [0.25, 0.3) is 0 Å². The molecule has 0 aromatic rings. The minimum atomic E-state index is -3.85. The van der Waals surface area contributed by atoms with Crippen LogP contribution < -0.4 is 0 Å². The molecule has 0 spiro atoms. The van der Waals surface area contributed by atoms with Crippen molar-refractivity contribution in [3.63, 3.8) is 0 Å². The van der Waals surface area contributed by atoms with E-state index in [9.17, 15) is 8.42 Å². The highest BCUT2D eigenvalue weighted by atomic mass is 32.2. The fourth-order valence-corrected chi connectivity index (χ4v) is 2.30. The monoisotopic (exact) mass is 248 g/mol. The molecule has 0 amide bonds. The minimum absolute atomic E-state index is 0.179. The van der Waals surface area contributed by atoms with Crippen LogP contribution in [0, 0.1) is 0 Å². The minimum Gasteiger partial charge on any atom is -0.317 e. The molecule has 16 heavy (non-hydrogen) atoms. The van der Waals surface area contributed by atoms with Crippen molar-refractivity contribution in [3.8, 4) is 0 Å². The highest BCUT2D eigenvalue weighted by Crippen LogP contribution is 2.09. The Morgan fingerprint density at radius 1 is 1.25 bits per heavy atom.